The van der Waals surface area contributed by atoms with Crippen molar-refractivity contribution < 1.29 is 14.2 Å². The molecular weight excluding hydrogens is 296 g/mol. The molecule has 6 nitrogen and oxygen atoms in total. The zero-order chi connectivity index (χ0) is 16.2. The molecule has 1 aromatic heterocycles. The summed E-state index contributed by atoms with van der Waals surface area (Å²) in [5, 5.41) is 9.19. The number of aromatic amines is 1. The van der Waals surface area contributed by atoms with Gasteiger partial charge in [0.05, 0.1) is 13.2 Å². The third-order valence-corrected chi connectivity index (χ3v) is 3.52. The van der Waals surface area contributed by atoms with Gasteiger partial charge in [-0.2, -0.15) is 5.26 Å². The second kappa shape index (κ2) is 6.65. The molecule has 0 unspecified atom stereocenters. The molecule has 1 fully saturated rings. The number of nitrogens with zero attached hydrogens (tertiary/aromatic N) is 1. The third-order valence-electron chi connectivity index (χ3n) is 3.52. The average Bonchev–Trinajstić information content (AvgIpc) is 3.06. The van der Waals surface area contributed by atoms with Gasteiger partial charge in [-0.05, 0) is 30.7 Å². The molecule has 0 atom stereocenters. The van der Waals surface area contributed by atoms with Crippen LogP contribution < -0.4 is 10.3 Å². The molecule has 1 saturated heterocycles. The van der Waals surface area contributed by atoms with E-state index in [1.54, 1.807) is 25.1 Å². The highest BCUT2D eigenvalue weighted by Crippen LogP contribution is 2.24. The minimum atomic E-state index is -0.377. The van der Waals surface area contributed by atoms with E-state index in [9.17, 15) is 10.1 Å². The number of H-pyrrole nitrogens is 1. The lowest BCUT2D eigenvalue weighted by Crippen LogP contribution is -2.18. The molecule has 1 aliphatic rings. The molecule has 23 heavy (non-hydrogen) atoms. The summed E-state index contributed by atoms with van der Waals surface area (Å²) >= 11 is 0. The number of hydrogen-bond donors (Lipinski definition) is 1. The Kier molecular flexibility index (Phi) is 4.42. The van der Waals surface area contributed by atoms with E-state index in [4.69, 9.17) is 14.2 Å². The Morgan fingerprint density at radius 3 is 2.65 bits per heavy atom. The molecule has 1 N–H and O–H groups in total. The van der Waals surface area contributed by atoms with Crippen molar-refractivity contribution in [2.75, 3.05) is 19.8 Å². The largest absolute Gasteiger partial charge is 0.488 e. The van der Waals surface area contributed by atoms with Crippen molar-refractivity contribution in [3.63, 3.8) is 0 Å². The highest BCUT2D eigenvalue weighted by atomic mass is 16.7. The lowest BCUT2D eigenvalue weighted by molar-refractivity contribution is -0.0684. The van der Waals surface area contributed by atoms with Crippen molar-refractivity contribution in [3.8, 4) is 22.9 Å². The van der Waals surface area contributed by atoms with E-state index in [1.807, 2.05) is 18.2 Å². The highest BCUT2D eigenvalue weighted by Gasteiger charge is 2.16. The zero-order valence-corrected chi connectivity index (χ0v) is 12.7. The molecule has 0 radical (unpaired) electrons. The number of ether oxygens (including phenoxy) is 3. The normalized spacial score (nSPS) is 14.6. The van der Waals surface area contributed by atoms with E-state index < -0.39 is 0 Å². The lowest BCUT2D eigenvalue weighted by Gasteiger charge is -2.11. The first-order valence-corrected chi connectivity index (χ1v) is 7.28. The molecule has 118 valence electrons. The highest BCUT2D eigenvalue weighted by molar-refractivity contribution is 5.70. The lowest BCUT2D eigenvalue weighted by atomic mass is 10.0. The van der Waals surface area contributed by atoms with E-state index in [0.717, 1.165) is 5.56 Å². The van der Waals surface area contributed by atoms with Crippen molar-refractivity contribution in [2.45, 2.75) is 13.2 Å². The molecule has 0 spiro atoms. The summed E-state index contributed by atoms with van der Waals surface area (Å²) in [6, 6.07) is 11.0. The number of pyridine rings is 1. The molecule has 0 bridgehead atoms. The van der Waals surface area contributed by atoms with Gasteiger partial charge >= 0.3 is 0 Å². The average molecular weight is 312 g/mol. The predicted molar refractivity (Wildman–Crippen MR) is 83.1 cm³/mol. The molecule has 6 heteroatoms. The van der Waals surface area contributed by atoms with E-state index >= 15 is 0 Å². The van der Waals surface area contributed by atoms with Crippen molar-refractivity contribution in [1.82, 2.24) is 4.98 Å². The summed E-state index contributed by atoms with van der Waals surface area (Å²) in [6.45, 7) is 3.29. The Labute approximate surface area is 133 Å². The van der Waals surface area contributed by atoms with Crippen LogP contribution in [0.2, 0.25) is 0 Å². The second-order valence-corrected chi connectivity index (χ2v) is 5.19. The summed E-state index contributed by atoms with van der Waals surface area (Å²) in [7, 11) is 0. The van der Waals surface area contributed by atoms with Gasteiger partial charge in [0, 0.05) is 11.3 Å². The first-order chi connectivity index (χ1) is 11.2. The van der Waals surface area contributed by atoms with Crippen molar-refractivity contribution in [1.29, 1.82) is 5.26 Å². The van der Waals surface area contributed by atoms with E-state index in [0.29, 0.717) is 36.8 Å². The molecule has 2 aromatic rings. The fourth-order valence-corrected chi connectivity index (χ4v) is 2.43. The molecule has 0 aliphatic carbocycles. The Morgan fingerprint density at radius 1 is 1.30 bits per heavy atom. The van der Waals surface area contributed by atoms with Gasteiger partial charge in [-0.1, -0.05) is 12.1 Å². The SMILES string of the molecule is Cc1cc(-c2ccc(OCC3OCCO3)cc2)c(C#N)c(=O)[nH]1. The molecule has 3 rings (SSSR count). The van der Waals surface area contributed by atoms with Gasteiger partial charge in [0.15, 0.2) is 6.29 Å². The van der Waals surface area contributed by atoms with E-state index in [2.05, 4.69) is 4.98 Å². The maximum Gasteiger partial charge on any atom is 0.266 e. The maximum absolute atomic E-state index is 11.9. The van der Waals surface area contributed by atoms with Crippen molar-refractivity contribution in [3.05, 3.63) is 51.9 Å². The van der Waals surface area contributed by atoms with Crippen LogP contribution in [0.1, 0.15) is 11.3 Å². The van der Waals surface area contributed by atoms with Crippen LogP contribution in [-0.4, -0.2) is 31.1 Å². The quantitative estimate of drug-likeness (QED) is 0.933. The number of hydrogen-bond acceptors (Lipinski definition) is 5. The van der Waals surface area contributed by atoms with E-state index in [1.165, 1.54) is 0 Å². The number of rotatable bonds is 4. The van der Waals surface area contributed by atoms with Gasteiger partial charge in [0.1, 0.15) is 24.0 Å². The van der Waals surface area contributed by atoms with Crippen LogP contribution in [0.4, 0.5) is 0 Å². The van der Waals surface area contributed by atoms with Crippen molar-refractivity contribution >= 4 is 0 Å². The Hall–Kier alpha value is -2.62. The molecule has 1 aliphatic heterocycles. The molecule has 1 aromatic carbocycles. The summed E-state index contributed by atoms with van der Waals surface area (Å²) in [5.41, 5.74) is 1.84. The first-order valence-electron chi connectivity index (χ1n) is 7.28. The Bertz CT molecular complexity index is 784. The van der Waals surface area contributed by atoms with Crippen LogP contribution in [0.3, 0.4) is 0 Å². The minimum absolute atomic E-state index is 0.108. The summed E-state index contributed by atoms with van der Waals surface area (Å²) in [6.07, 6.45) is -0.324. The Morgan fingerprint density at radius 2 is 2.00 bits per heavy atom. The van der Waals surface area contributed by atoms with Gasteiger partial charge in [0.2, 0.25) is 0 Å². The van der Waals surface area contributed by atoms with Gasteiger partial charge < -0.3 is 19.2 Å². The number of nitriles is 1. The first kappa shape index (κ1) is 15.3. The monoisotopic (exact) mass is 312 g/mol. The number of nitrogens with one attached hydrogen (secondary N) is 1. The minimum Gasteiger partial charge on any atom is -0.488 e. The van der Waals surface area contributed by atoms with Gasteiger partial charge in [-0.3, -0.25) is 4.79 Å². The van der Waals surface area contributed by atoms with E-state index in [-0.39, 0.29) is 17.4 Å². The van der Waals surface area contributed by atoms with Gasteiger partial charge in [-0.15, -0.1) is 0 Å². The molecule has 2 heterocycles. The summed E-state index contributed by atoms with van der Waals surface area (Å²) in [4.78, 5) is 14.5. The third kappa shape index (κ3) is 3.42. The summed E-state index contributed by atoms with van der Waals surface area (Å²) < 4.78 is 16.2. The molecule has 0 amide bonds. The predicted octanol–water partition coefficient (Wildman–Crippen LogP) is 1.97. The van der Waals surface area contributed by atoms with Crippen LogP contribution in [-0.2, 0) is 9.47 Å². The number of aryl methyl sites for hydroxylation is 1. The fraction of sp³-hybridized carbons (Fsp3) is 0.294. The van der Waals surface area contributed by atoms with Crippen LogP contribution >= 0.6 is 0 Å². The molecule has 0 saturated carbocycles. The van der Waals surface area contributed by atoms with Gasteiger partial charge in [0.25, 0.3) is 5.56 Å². The Balaban J connectivity index is 1.79. The summed E-state index contributed by atoms with van der Waals surface area (Å²) in [5.74, 6) is 0.674. The maximum atomic E-state index is 11.9. The second-order valence-electron chi connectivity index (χ2n) is 5.19. The smallest absolute Gasteiger partial charge is 0.266 e. The topological polar surface area (TPSA) is 84.3 Å². The molecular formula is C17H16N2O4. The van der Waals surface area contributed by atoms with Crippen LogP contribution in [0.15, 0.2) is 35.1 Å². The fourth-order valence-electron chi connectivity index (χ4n) is 2.43. The number of benzene rings is 1. The van der Waals surface area contributed by atoms with Crippen molar-refractivity contribution in [2.24, 2.45) is 0 Å². The zero-order valence-electron chi connectivity index (χ0n) is 12.7. The van der Waals surface area contributed by atoms with Crippen LogP contribution in [0.5, 0.6) is 5.75 Å². The standard InChI is InChI=1S/C17H16N2O4/c1-11-8-14(15(9-18)17(20)19-11)12-2-4-13(5-3-12)23-10-16-21-6-7-22-16/h2-5,8,16H,6-7,10H2,1H3,(H,19,20). The van der Waals surface area contributed by atoms with Crippen LogP contribution in [0, 0.1) is 18.3 Å². The number of aromatic nitrogens is 1. The van der Waals surface area contributed by atoms with Gasteiger partial charge in [-0.25, -0.2) is 0 Å². The van der Waals surface area contributed by atoms with Crippen LogP contribution in [0.25, 0.3) is 11.1 Å².